The van der Waals surface area contributed by atoms with Crippen molar-refractivity contribution in [3.8, 4) is 0 Å². The van der Waals surface area contributed by atoms with Crippen LogP contribution in [0.5, 0.6) is 0 Å². The summed E-state index contributed by atoms with van der Waals surface area (Å²) in [6.45, 7) is 6.40. The molecule has 1 amide bonds. The van der Waals surface area contributed by atoms with Crippen LogP contribution in [0.4, 0.5) is 11.8 Å². The number of anilines is 2. The molecule has 2 aromatic heterocycles. The highest BCUT2D eigenvalue weighted by Crippen LogP contribution is 2.22. The number of nitrogens with zero attached hydrogens (tertiary/aromatic N) is 2. The predicted molar refractivity (Wildman–Crippen MR) is 76.3 cm³/mol. The molecule has 2 aromatic rings. The molecular formula is C13H19N5O. The third-order valence-electron chi connectivity index (χ3n) is 2.72. The largest absolute Gasteiger partial charge is 0.368 e. The van der Waals surface area contributed by atoms with Crippen LogP contribution in [-0.2, 0) is 4.79 Å². The molecule has 2 heterocycles. The highest BCUT2D eigenvalue weighted by Gasteiger charge is 2.10. The van der Waals surface area contributed by atoms with E-state index in [2.05, 4.69) is 32.5 Å². The lowest BCUT2D eigenvalue weighted by Crippen LogP contribution is -2.11. The molecule has 0 aromatic carbocycles. The van der Waals surface area contributed by atoms with Gasteiger partial charge < -0.3 is 10.3 Å². The van der Waals surface area contributed by atoms with Crippen molar-refractivity contribution < 1.29 is 4.79 Å². The van der Waals surface area contributed by atoms with E-state index in [9.17, 15) is 4.79 Å². The molecule has 3 N–H and O–H groups in total. The van der Waals surface area contributed by atoms with Gasteiger partial charge in [0.25, 0.3) is 0 Å². The van der Waals surface area contributed by atoms with Crippen LogP contribution in [0.15, 0.2) is 6.07 Å². The average molecular weight is 261 g/mol. The fraction of sp³-hybridized carbons (Fsp3) is 0.462. The number of aromatic nitrogens is 3. The molecule has 0 saturated carbocycles. The molecule has 0 saturated heterocycles. The average Bonchev–Trinajstić information content (AvgIpc) is 2.69. The number of unbranched alkanes of at least 4 members (excludes halogenated alkanes) is 1. The number of carbonyl (C=O) groups excluding carboxylic acids is 1. The number of fused-ring (bicyclic) bond motifs is 1. The summed E-state index contributed by atoms with van der Waals surface area (Å²) >= 11 is 0. The monoisotopic (exact) mass is 261 g/mol. The van der Waals surface area contributed by atoms with Crippen molar-refractivity contribution >= 4 is 28.7 Å². The van der Waals surface area contributed by atoms with Crippen molar-refractivity contribution in [1.29, 1.82) is 0 Å². The fourth-order valence-electron chi connectivity index (χ4n) is 1.87. The van der Waals surface area contributed by atoms with E-state index in [-0.39, 0.29) is 5.91 Å². The Labute approximate surface area is 112 Å². The molecule has 6 heteroatoms. The Morgan fingerprint density at radius 1 is 1.42 bits per heavy atom. The molecule has 0 atom stereocenters. The number of rotatable bonds is 5. The second-order valence-corrected chi connectivity index (χ2v) is 4.57. The minimum atomic E-state index is -0.175. The van der Waals surface area contributed by atoms with Crippen LogP contribution in [0.2, 0.25) is 0 Å². The number of amides is 1. The van der Waals surface area contributed by atoms with Crippen molar-refractivity contribution in [2.45, 2.75) is 33.6 Å². The number of aromatic amines is 1. The van der Waals surface area contributed by atoms with Gasteiger partial charge in [-0.2, -0.15) is 4.98 Å². The first-order chi connectivity index (χ1) is 9.10. The molecule has 102 valence electrons. The number of H-pyrrole nitrogens is 1. The summed E-state index contributed by atoms with van der Waals surface area (Å²) in [6.07, 6.45) is 2.18. The Balaban J connectivity index is 2.36. The van der Waals surface area contributed by atoms with Gasteiger partial charge in [-0.1, -0.05) is 13.3 Å². The maximum absolute atomic E-state index is 11.1. The Hall–Kier alpha value is -2.11. The van der Waals surface area contributed by atoms with E-state index in [1.54, 1.807) is 0 Å². The molecule has 0 aliphatic rings. The highest BCUT2D eigenvalue weighted by atomic mass is 16.1. The first-order valence-corrected chi connectivity index (χ1v) is 6.49. The lowest BCUT2D eigenvalue weighted by molar-refractivity contribution is -0.114. The van der Waals surface area contributed by atoms with E-state index in [0.717, 1.165) is 41.9 Å². The van der Waals surface area contributed by atoms with Crippen molar-refractivity contribution in [2.24, 2.45) is 0 Å². The van der Waals surface area contributed by atoms with E-state index in [4.69, 9.17) is 0 Å². The smallest absolute Gasteiger partial charge is 0.232 e. The van der Waals surface area contributed by atoms with Crippen molar-refractivity contribution in [1.82, 2.24) is 15.0 Å². The zero-order valence-corrected chi connectivity index (χ0v) is 11.5. The van der Waals surface area contributed by atoms with Gasteiger partial charge in [0, 0.05) is 19.2 Å². The van der Waals surface area contributed by atoms with E-state index in [1.165, 1.54) is 6.92 Å². The van der Waals surface area contributed by atoms with Gasteiger partial charge >= 0.3 is 0 Å². The number of nitrogens with one attached hydrogen (secondary N) is 3. The minimum absolute atomic E-state index is 0.175. The summed E-state index contributed by atoms with van der Waals surface area (Å²) in [5.41, 5.74) is 2.70. The maximum Gasteiger partial charge on any atom is 0.232 e. The third-order valence-corrected chi connectivity index (χ3v) is 2.72. The lowest BCUT2D eigenvalue weighted by Gasteiger charge is -2.08. The first kappa shape index (κ1) is 13.3. The van der Waals surface area contributed by atoms with Crippen LogP contribution in [0.3, 0.4) is 0 Å². The van der Waals surface area contributed by atoms with Gasteiger partial charge in [0.1, 0.15) is 5.52 Å². The molecule has 0 spiro atoms. The lowest BCUT2D eigenvalue weighted by atomic mass is 10.3. The normalized spacial score (nSPS) is 10.7. The summed E-state index contributed by atoms with van der Waals surface area (Å²) in [5.74, 6) is 0.888. The highest BCUT2D eigenvalue weighted by molar-refractivity contribution is 5.91. The standard InChI is InChI=1S/C13H19N5O/c1-4-5-6-14-12-11-10(7-8(2)15-11)17-13(18-12)16-9(3)19/h7,15H,4-6H2,1-3H3,(H2,14,16,17,18,19). The van der Waals surface area contributed by atoms with Crippen LogP contribution < -0.4 is 10.6 Å². The van der Waals surface area contributed by atoms with Crippen molar-refractivity contribution in [3.05, 3.63) is 11.8 Å². The summed E-state index contributed by atoms with van der Waals surface area (Å²) in [6, 6.07) is 1.94. The van der Waals surface area contributed by atoms with Gasteiger partial charge in [-0.25, -0.2) is 4.98 Å². The second kappa shape index (κ2) is 5.69. The molecular weight excluding hydrogens is 242 g/mol. The number of hydrogen-bond acceptors (Lipinski definition) is 4. The van der Waals surface area contributed by atoms with Crippen molar-refractivity contribution in [2.75, 3.05) is 17.2 Å². The van der Waals surface area contributed by atoms with Crippen molar-refractivity contribution in [3.63, 3.8) is 0 Å². The Morgan fingerprint density at radius 3 is 2.89 bits per heavy atom. The molecule has 19 heavy (non-hydrogen) atoms. The summed E-state index contributed by atoms with van der Waals surface area (Å²) < 4.78 is 0. The molecule has 2 rings (SSSR count). The maximum atomic E-state index is 11.1. The molecule has 0 radical (unpaired) electrons. The third kappa shape index (κ3) is 3.21. The van der Waals surface area contributed by atoms with Crippen LogP contribution in [0.1, 0.15) is 32.4 Å². The van der Waals surface area contributed by atoms with Gasteiger partial charge in [-0.05, 0) is 19.4 Å². The summed E-state index contributed by atoms with van der Waals surface area (Å²) in [4.78, 5) is 23.0. The molecule has 6 nitrogen and oxygen atoms in total. The van der Waals surface area contributed by atoms with E-state index < -0.39 is 0 Å². The van der Waals surface area contributed by atoms with Crippen LogP contribution >= 0.6 is 0 Å². The SMILES string of the molecule is CCCCNc1nc(NC(C)=O)nc2cc(C)[nH]c12. The Morgan fingerprint density at radius 2 is 2.21 bits per heavy atom. The van der Waals surface area contributed by atoms with Crippen LogP contribution in [0.25, 0.3) is 11.0 Å². The van der Waals surface area contributed by atoms with E-state index in [1.807, 2.05) is 13.0 Å². The Bertz CT molecular complexity index is 590. The molecule has 0 aliphatic heterocycles. The molecule has 0 fully saturated rings. The van der Waals surface area contributed by atoms with Crippen LogP contribution in [-0.4, -0.2) is 27.4 Å². The number of aryl methyl sites for hydroxylation is 1. The molecule has 0 aliphatic carbocycles. The van der Waals surface area contributed by atoms with E-state index >= 15 is 0 Å². The topological polar surface area (TPSA) is 82.7 Å². The van der Waals surface area contributed by atoms with Gasteiger partial charge in [0.15, 0.2) is 5.82 Å². The predicted octanol–water partition coefficient (Wildman–Crippen LogP) is 2.44. The molecule has 0 bridgehead atoms. The minimum Gasteiger partial charge on any atom is -0.368 e. The number of carbonyl (C=O) groups is 1. The quantitative estimate of drug-likeness (QED) is 0.722. The zero-order valence-electron chi connectivity index (χ0n) is 11.5. The summed E-state index contributed by atoms with van der Waals surface area (Å²) in [7, 11) is 0. The second-order valence-electron chi connectivity index (χ2n) is 4.57. The van der Waals surface area contributed by atoms with Gasteiger partial charge in [-0.15, -0.1) is 0 Å². The van der Waals surface area contributed by atoms with Gasteiger partial charge in [0.05, 0.1) is 5.52 Å². The van der Waals surface area contributed by atoms with Gasteiger partial charge in [0.2, 0.25) is 11.9 Å². The Kier molecular flexibility index (Phi) is 3.99. The number of hydrogen-bond donors (Lipinski definition) is 3. The zero-order chi connectivity index (χ0) is 13.8. The van der Waals surface area contributed by atoms with E-state index in [0.29, 0.717) is 5.95 Å². The molecule has 0 unspecified atom stereocenters. The fourth-order valence-corrected chi connectivity index (χ4v) is 1.87. The van der Waals surface area contributed by atoms with Crippen LogP contribution in [0, 0.1) is 6.92 Å². The summed E-state index contributed by atoms with van der Waals surface area (Å²) in [5, 5.41) is 5.90. The first-order valence-electron chi connectivity index (χ1n) is 6.49. The van der Waals surface area contributed by atoms with Gasteiger partial charge in [-0.3, -0.25) is 10.1 Å².